The maximum absolute atomic E-state index is 13.3. The van der Waals surface area contributed by atoms with Gasteiger partial charge in [0, 0.05) is 26.2 Å². The van der Waals surface area contributed by atoms with E-state index in [0.29, 0.717) is 31.6 Å². The molecular formula is C28H28F6N2O2. The van der Waals surface area contributed by atoms with Crippen LogP contribution < -0.4 is 5.32 Å². The maximum atomic E-state index is 13.3. The number of hydrogen-bond acceptors (Lipinski definition) is 3. The molecule has 0 aliphatic rings. The highest BCUT2D eigenvalue weighted by Crippen LogP contribution is 2.36. The van der Waals surface area contributed by atoms with E-state index in [2.05, 4.69) is 5.32 Å². The summed E-state index contributed by atoms with van der Waals surface area (Å²) in [5.74, 6) is -1.10. The Labute approximate surface area is 216 Å². The minimum atomic E-state index is -4.92. The van der Waals surface area contributed by atoms with Gasteiger partial charge in [0.1, 0.15) is 0 Å². The first-order valence-electron chi connectivity index (χ1n) is 11.9. The van der Waals surface area contributed by atoms with E-state index in [-0.39, 0.29) is 30.3 Å². The van der Waals surface area contributed by atoms with Crippen molar-refractivity contribution in [2.45, 2.75) is 45.3 Å². The van der Waals surface area contributed by atoms with Gasteiger partial charge in [-0.3, -0.25) is 4.90 Å². The van der Waals surface area contributed by atoms with E-state index >= 15 is 0 Å². The molecule has 0 atom stereocenters. The van der Waals surface area contributed by atoms with E-state index in [1.54, 1.807) is 17.0 Å². The third-order valence-electron chi connectivity index (χ3n) is 6.07. The molecule has 3 aromatic carbocycles. The molecule has 0 heterocycles. The molecule has 10 heteroatoms. The average molecular weight is 539 g/mol. The number of halogens is 6. The number of aryl methyl sites for hydroxylation is 1. The number of carbonyl (C=O) groups is 1. The van der Waals surface area contributed by atoms with Crippen LogP contribution in [0.2, 0.25) is 0 Å². The summed E-state index contributed by atoms with van der Waals surface area (Å²) in [5.41, 5.74) is 0.213. The normalized spacial score (nSPS) is 12.2. The second-order valence-corrected chi connectivity index (χ2v) is 9.08. The van der Waals surface area contributed by atoms with Crippen molar-refractivity contribution in [1.82, 2.24) is 10.2 Å². The summed E-state index contributed by atoms with van der Waals surface area (Å²) in [7, 11) is 0. The van der Waals surface area contributed by atoms with Gasteiger partial charge in [0.15, 0.2) is 0 Å². The standard InChI is InChI=1S/C28H28F6N2O2/c1-19-5-2-3-6-23(19)16-35-11-4-12-36(17-20-7-9-22(10-8-20)26(37)38)18-21-13-24(27(29,30)31)15-25(14-21)28(32,33)34/h2-3,5-10,13-15,35H,4,11-12,16-18H2,1H3,(H,37,38). The van der Waals surface area contributed by atoms with Crippen molar-refractivity contribution in [3.8, 4) is 0 Å². The molecule has 38 heavy (non-hydrogen) atoms. The van der Waals surface area contributed by atoms with Gasteiger partial charge in [-0.25, -0.2) is 4.79 Å². The summed E-state index contributed by atoms with van der Waals surface area (Å²) in [5, 5.41) is 12.4. The van der Waals surface area contributed by atoms with Crippen LogP contribution in [0.5, 0.6) is 0 Å². The van der Waals surface area contributed by atoms with Crippen LogP contribution in [0.1, 0.15) is 50.2 Å². The molecule has 3 rings (SSSR count). The Hall–Kier alpha value is -3.37. The molecule has 0 saturated heterocycles. The quantitative estimate of drug-likeness (QED) is 0.206. The highest BCUT2D eigenvalue weighted by Gasteiger charge is 2.37. The van der Waals surface area contributed by atoms with E-state index in [1.165, 1.54) is 12.1 Å². The molecule has 0 spiro atoms. The smallest absolute Gasteiger partial charge is 0.416 e. The van der Waals surface area contributed by atoms with Gasteiger partial charge in [-0.2, -0.15) is 26.3 Å². The van der Waals surface area contributed by atoms with Crippen molar-refractivity contribution < 1.29 is 36.2 Å². The fourth-order valence-corrected chi connectivity index (χ4v) is 4.05. The molecule has 0 fully saturated rings. The van der Waals surface area contributed by atoms with Crippen LogP contribution >= 0.6 is 0 Å². The minimum absolute atomic E-state index is 0.0772. The van der Waals surface area contributed by atoms with Gasteiger partial charge in [0.25, 0.3) is 0 Å². The predicted molar refractivity (Wildman–Crippen MR) is 131 cm³/mol. The van der Waals surface area contributed by atoms with Crippen LogP contribution in [-0.4, -0.2) is 29.1 Å². The summed E-state index contributed by atoms with van der Waals surface area (Å²) in [6.07, 6.45) is -9.26. The summed E-state index contributed by atoms with van der Waals surface area (Å²) in [4.78, 5) is 12.9. The number of rotatable bonds is 11. The first kappa shape index (κ1) is 29.2. The van der Waals surface area contributed by atoms with Gasteiger partial charge in [0.05, 0.1) is 16.7 Å². The predicted octanol–water partition coefficient (Wildman–Crippen LogP) is 6.91. The molecular weight excluding hydrogens is 510 g/mol. The molecule has 0 aromatic heterocycles. The first-order chi connectivity index (χ1) is 17.8. The topological polar surface area (TPSA) is 52.6 Å². The van der Waals surface area contributed by atoms with Crippen LogP contribution in [0.3, 0.4) is 0 Å². The number of benzene rings is 3. The van der Waals surface area contributed by atoms with Crippen LogP contribution in [0.15, 0.2) is 66.7 Å². The summed E-state index contributed by atoms with van der Waals surface area (Å²) in [6, 6.07) is 15.5. The molecule has 0 aliphatic heterocycles. The summed E-state index contributed by atoms with van der Waals surface area (Å²) >= 11 is 0. The average Bonchev–Trinajstić information content (AvgIpc) is 2.84. The number of carboxylic acid groups (broad SMARTS) is 1. The van der Waals surface area contributed by atoms with Crippen molar-refractivity contribution >= 4 is 5.97 Å². The second kappa shape index (κ2) is 12.4. The number of aromatic carboxylic acids is 1. The molecule has 0 unspecified atom stereocenters. The lowest BCUT2D eigenvalue weighted by Crippen LogP contribution is -2.27. The lowest BCUT2D eigenvalue weighted by atomic mass is 10.0. The molecule has 0 saturated carbocycles. The fourth-order valence-electron chi connectivity index (χ4n) is 4.05. The van der Waals surface area contributed by atoms with Crippen molar-refractivity contribution in [1.29, 1.82) is 0 Å². The van der Waals surface area contributed by atoms with Crippen LogP contribution in [0, 0.1) is 6.92 Å². The Morgan fingerprint density at radius 3 is 1.97 bits per heavy atom. The zero-order valence-electron chi connectivity index (χ0n) is 20.7. The molecule has 2 N–H and O–H groups in total. The Morgan fingerprint density at radius 2 is 1.42 bits per heavy atom. The third kappa shape index (κ3) is 8.59. The Morgan fingerprint density at radius 1 is 0.842 bits per heavy atom. The number of alkyl halides is 6. The van der Waals surface area contributed by atoms with Crippen molar-refractivity contribution in [3.05, 3.63) is 106 Å². The fraction of sp³-hybridized carbons (Fsp3) is 0.321. The lowest BCUT2D eigenvalue weighted by molar-refractivity contribution is -0.143. The van der Waals surface area contributed by atoms with E-state index in [9.17, 15) is 31.1 Å². The van der Waals surface area contributed by atoms with E-state index in [1.807, 2.05) is 31.2 Å². The third-order valence-corrected chi connectivity index (χ3v) is 6.07. The number of carboxylic acids is 1. The van der Waals surface area contributed by atoms with Crippen molar-refractivity contribution in [3.63, 3.8) is 0 Å². The summed E-state index contributed by atoms with van der Waals surface area (Å²) < 4.78 is 80.1. The zero-order chi connectivity index (χ0) is 27.9. The molecule has 3 aromatic rings. The van der Waals surface area contributed by atoms with E-state index < -0.39 is 29.4 Å². The molecule has 204 valence electrons. The Kier molecular flexibility index (Phi) is 9.56. The largest absolute Gasteiger partial charge is 0.478 e. The van der Waals surface area contributed by atoms with Gasteiger partial charge in [-0.1, -0.05) is 36.4 Å². The number of nitrogens with zero attached hydrogens (tertiary/aromatic N) is 1. The van der Waals surface area contributed by atoms with E-state index in [4.69, 9.17) is 5.11 Å². The Balaban J connectivity index is 1.76. The molecule has 0 amide bonds. The highest BCUT2D eigenvalue weighted by molar-refractivity contribution is 5.87. The minimum Gasteiger partial charge on any atom is -0.478 e. The second-order valence-electron chi connectivity index (χ2n) is 9.08. The monoisotopic (exact) mass is 538 g/mol. The van der Waals surface area contributed by atoms with Crippen LogP contribution in [0.25, 0.3) is 0 Å². The molecule has 0 radical (unpaired) electrons. The van der Waals surface area contributed by atoms with Gasteiger partial charge < -0.3 is 10.4 Å². The Bertz CT molecular complexity index is 1190. The van der Waals surface area contributed by atoms with Crippen LogP contribution in [0.4, 0.5) is 26.3 Å². The SMILES string of the molecule is Cc1ccccc1CNCCCN(Cc1ccc(C(=O)O)cc1)Cc1cc(C(F)(F)F)cc(C(F)(F)F)c1. The molecule has 0 bridgehead atoms. The van der Waals surface area contributed by atoms with Gasteiger partial charge >= 0.3 is 18.3 Å². The van der Waals surface area contributed by atoms with Gasteiger partial charge in [-0.05, 0) is 72.5 Å². The van der Waals surface area contributed by atoms with Crippen LogP contribution in [-0.2, 0) is 32.0 Å². The lowest BCUT2D eigenvalue weighted by Gasteiger charge is -2.24. The van der Waals surface area contributed by atoms with Gasteiger partial charge in [0.2, 0.25) is 0 Å². The van der Waals surface area contributed by atoms with E-state index in [0.717, 1.165) is 23.3 Å². The number of nitrogens with one attached hydrogen (secondary N) is 1. The first-order valence-corrected chi connectivity index (χ1v) is 11.9. The van der Waals surface area contributed by atoms with Gasteiger partial charge in [-0.15, -0.1) is 0 Å². The maximum Gasteiger partial charge on any atom is 0.416 e. The highest BCUT2D eigenvalue weighted by atomic mass is 19.4. The molecule has 4 nitrogen and oxygen atoms in total. The van der Waals surface area contributed by atoms with Crippen molar-refractivity contribution in [2.75, 3.05) is 13.1 Å². The number of hydrogen-bond donors (Lipinski definition) is 2. The summed E-state index contributed by atoms with van der Waals surface area (Å²) in [6.45, 7) is 3.67. The molecule has 0 aliphatic carbocycles. The zero-order valence-corrected chi connectivity index (χ0v) is 20.7. The van der Waals surface area contributed by atoms with Crippen molar-refractivity contribution in [2.24, 2.45) is 0 Å².